The molecule has 0 amide bonds. The van der Waals surface area contributed by atoms with Gasteiger partial charge in [0.05, 0.1) is 11.1 Å². The Bertz CT molecular complexity index is 1360. The molecular formula is C29H24O10. The van der Waals surface area contributed by atoms with Gasteiger partial charge in [-0.3, -0.25) is 0 Å². The summed E-state index contributed by atoms with van der Waals surface area (Å²) >= 11 is 0. The van der Waals surface area contributed by atoms with E-state index in [-0.39, 0.29) is 36.2 Å². The molecule has 3 aromatic carbocycles. The lowest BCUT2D eigenvalue weighted by molar-refractivity contribution is -0.145. The summed E-state index contributed by atoms with van der Waals surface area (Å²) in [6, 6.07) is 16.7. The first-order chi connectivity index (χ1) is 18.8. The number of carbonyl (C=O) groups excluding carboxylic acids is 4. The Morgan fingerprint density at radius 2 is 1.08 bits per heavy atom. The van der Waals surface area contributed by atoms with E-state index < -0.39 is 23.9 Å². The van der Waals surface area contributed by atoms with Crippen molar-refractivity contribution in [1.82, 2.24) is 0 Å². The van der Waals surface area contributed by atoms with Gasteiger partial charge in [-0.05, 0) is 79.2 Å². The maximum atomic E-state index is 12.7. The van der Waals surface area contributed by atoms with Crippen LogP contribution in [0, 0.1) is 6.92 Å². The van der Waals surface area contributed by atoms with Gasteiger partial charge >= 0.3 is 23.9 Å². The predicted octanol–water partition coefficient (Wildman–Crippen LogP) is 4.56. The molecule has 0 N–H and O–H groups in total. The van der Waals surface area contributed by atoms with Crippen LogP contribution in [0.3, 0.4) is 0 Å². The van der Waals surface area contributed by atoms with Crippen molar-refractivity contribution in [2.24, 2.45) is 0 Å². The lowest BCUT2D eigenvalue weighted by atomic mass is 10.1. The monoisotopic (exact) mass is 532 g/mol. The van der Waals surface area contributed by atoms with E-state index in [0.717, 1.165) is 12.2 Å². The highest BCUT2D eigenvalue weighted by atomic mass is 16.7. The lowest BCUT2D eigenvalue weighted by Crippen LogP contribution is -2.13. The van der Waals surface area contributed by atoms with E-state index in [0.29, 0.717) is 17.1 Å². The van der Waals surface area contributed by atoms with Crippen molar-refractivity contribution in [1.29, 1.82) is 0 Å². The zero-order chi connectivity index (χ0) is 28.2. The minimum absolute atomic E-state index is 0.236. The Balaban J connectivity index is 1.53. The van der Waals surface area contributed by atoms with Crippen LogP contribution in [0.15, 0.2) is 92.0 Å². The number of ether oxygens (including phenoxy) is 6. The molecule has 200 valence electrons. The Morgan fingerprint density at radius 3 is 1.51 bits per heavy atom. The summed E-state index contributed by atoms with van der Waals surface area (Å²) in [5.41, 5.74) is 1.01. The molecule has 0 aliphatic rings. The van der Waals surface area contributed by atoms with E-state index in [9.17, 15) is 19.2 Å². The third kappa shape index (κ3) is 8.60. The van der Waals surface area contributed by atoms with Crippen molar-refractivity contribution >= 4 is 23.9 Å². The standard InChI is InChI=1S/C29H24O10/c1-4-26(30)36-17-34-21-7-11-23(12-8-21)38-28(32)20-6-15-25(19(3)16-20)29(33)39-24-13-9-22(10-14-24)35-18-37-27(31)5-2/h4-16H,1-2,17-18H2,3H3. The third-order valence-corrected chi connectivity index (χ3v) is 4.94. The number of aryl methyl sites for hydroxylation is 1. The van der Waals surface area contributed by atoms with Crippen LogP contribution in [-0.4, -0.2) is 37.5 Å². The number of hydrogen-bond acceptors (Lipinski definition) is 10. The SMILES string of the molecule is C=CC(=O)OCOc1ccc(OC(=O)c2ccc(C(=O)Oc3ccc(OCOC(=O)C=C)cc3)c(C)c2)cc1. The average Bonchev–Trinajstić information content (AvgIpc) is 2.94. The zero-order valence-electron chi connectivity index (χ0n) is 20.9. The summed E-state index contributed by atoms with van der Waals surface area (Å²) in [7, 11) is 0. The molecule has 0 aromatic heterocycles. The van der Waals surface area contributed by atoms with Crippen LogP contribution in [0.25, 0.3) is 0 Å². The molecule has 0 aliphatic carbocycles. The predicted molar refractivity (Wildman–Crippen MR) is 138 cm³/mol. The minimum atomic E-state index is -0.624. The smallest absolute Gasteiger partial charge is 0.343 e. The zero-order valence-corrected chi connectivity index (χ0v) is 20.9. The maximum Gasteiger partial charge on any atom is 0.343 e. The van der Waals surface area contributed by atoms with Crippen LogP contribution in [0.4, 0.5) is 0 Å². The molecule has 0 radical (unpaired) electrons. The van der Waals surface area contributed by atoms with Gasteiger partial charge in [-0.2, -0.15) is 0 Å². The second-order valence-corrected chi connectivity index (χ2v) is 7.61. The van der Waals surface area contributed by atoms with E-state index >= 15 is 0 Å². The summed E-state index contributed by atoms with van der Waals surface area (Å²) in [5.74, 6) is -1.12. The summed E-state index contributed by atoms with van der Waals surface area (Å²) < 4.78 is 30.7. The molecule has 0 aliphatic heterocycles. The molecule has 10 heteroatoms. The van der Waals surface area contributed by atoms with E-state index in [2.05, 4.69) is 13.2 Å². The van der Waals surface area contributed by atoms with Crippen LogP contribution in [0.1, 0.15) is 26.3 Å². The van der Waals surface area contributed by atoms with E-state index in [1.54, 1.807) is 31.2 Å². The fourth-order valence-corrected chi connectivity index (χ4v) is 2.98. The molecule has 39 heavy (non-hydrogen) atoms. The third-order valence-electron chi connectivity index (χ3n) is 4.94. The topological polar surface area (TPSA) is 124 Å². The number of benzene rings is 3. The van der Waals surface area contributed by atoms with Gasteiger partial charge in [0.15, 0.2) is 0 Å². The molecule has 0 bridgehead atoms. The molecule has 0 fully saturated rings. The fraction of sp³-hybridized carbons (Fsp3) is 0.103. The second-order valence-electron chi connectivity index (χ2n) is 7.61. The molecule has 0 saturated heterocycles. The van der Waals surface area contributed by atoms with Gasteiger partial charge in [-0.15, -0.1) is 0 Å². The number of hydrogen-bond donors (Lipinski definition) is 0. The molecule has 0 unspecified atom stereocenters. The fourth-order valence-electron chi connectivity index (χ4n) is 2.98. The Hall–Kier alpha value is -5.38. The molecular weight excluding hydrogens is 508 g/mol. The first kappa shape index (κ1) is 28.2. The van der Waals surface area contributed by atoms with Gasteiger partial charge in [0, 0.05) is 12.2 Å². The van der Waals surface area contributed by atoms with Gasteiger partial charge < -0.3 is 28.4 Å². The van der Waals surface area contributed by atoms with E-state index in [1.807, 2.05) is 0 Å². The van der Waals surface area contributed by atoms with Crippen LogP contribution in [-0.2, 0) is 19.1 Å². The lowest BCUT2D eigenvalue weighted by Gasteiger charge is -2.10. The van der Waals surface area contributed by atoms with Crippen LogP contribution in [0.2, 0.25) is 0 Å². The summed E-state index contributed by atoms with van der Waals surface area (Å²) in [5, 5.41) is 0. The van der Waals surface area contributed by atoms with Crippen LogP contribution in [0.5, 0.6) is 23.0 Å². The van der Waals surface area contributed by atoms with Gasteiger partial charge in [0.2, 0.25) is 13.6 Å². The van der Waals surface area contributed by atoms with Gasteiger partial charge in [0.1, 0.15) is 23.0 Å². The number of carbonyl (C=O) groups is 4. The van der Waals surface area contributed by atoms with E-state index in [4.69, 9.17) is 28.4 Å². The normalized spacial score (nSPS) is 9.97. The van der Waals surface area contributed by atoms with Crippen molar-refractivity contribution in [2.45, 2.75) is 6.92 Å². The Kier molecular flexibility index (Phi) is 9.97. The van der Waals surface area contributed by atoms with Gasteiger partial charge in [-0.1, -0.05) is 13.2 Å². The molecule has 10 nitrogen and oxygen atoms in total. The minimum Gasteiger partial charge on any atom is -0.457 e. The largest absolute Gasteiger partial charge is 0.457 e. The molecule has 3 aromatic rings. The molecule has 0 atom stereocenters. The highest BCUT2D eigenvalue weighted by molar-refractivity contribution is 5.96. The first-order valence-electron chi connectivity index (χ1n) is 11.4. The summed E-state index contributed by atoms with van der Waals surface area (Å²) in [6.45, 7) is 7.67. The maximum absolute atomic E-state index is 12.7. The number of rotatable bonds is 12. The Labute approximate surface area is 224 Å². The summed E-state index contributed by atoms with van der Waals surface area (Å²) in [6.07, 6.45) is 2.04. The highest BCUT2D eigenvalue weighted by Crippen LogP contribution is 2.22. The molecule has 0 spiro atoms. The quantitative estimate of drug-likeness (QED) is 0.142. The molecule has 3 rings (SSSR count). The second kappa shape index (κ2) is 13.8. The highest BCUT2D eigenvalue weighted by Gasteiger charge is 2.16. The first-order valence-corrected chi connectivity index (χ1v) is 11.4. The average molecular weight is 533 g/mol. The van der Waals surface area contributed by atoms with Crippen molar-refractivity contribution in [3.8, 4) is 23.0 Å². The Morgan fingerprint density at radius 1 is 0.641 bits per heavy atom. The molecule has 0 saturated carbocycles. The van der Waals surface area contributed by atoms with Crippen molar-refractivity contribution in [3.63, 3.8) is 0 Å². The summed E-state index contributed by atoms with van der Waals surface area (Å²) in [4.78, 5) is 47.3. The van der Waals surface area contributed by atoms with Crippen LogP contribution < -0.4 is 18.9 Å². The molecule has 0 heterocycles. The van der Waals surface area contributed by atoms with Gasteiger partial charge in [0.25, 0.3) is 0 Å². The van der Waals surface area contributed by atoms with Crippen LogP contribution >= 0.6 is 0 Å². The van der Waals surface area contributed by atoms with Crippen molar-refractivity contribution in [2.75, 3.05) is 13.6 Å². The van der Waals surface area contributed by atoms with E-state index in [1.165, 1.54) is 42.5 Å². The van der Waals surface area contributed by atoms with Gasteiger partial charge in [-0.25, -0.2) is 19.2 Å². The van der Waals surface area contributed by atoms with Crippen molar-refractivity contribution < 1.29 is 47.6 Å². The number of esters is 4. The van der Waals surface area contributed by atoms with Crippen molar-refractivity contribution in [3.05, 3.63) is 109 Å².